The van der Waals surface area contributed by atoms with E-state index in [-0.39, 0.29) is 0 Å². The second-order valence-corrected chi connectivity index (χ2v) is 22.4. The smallest absolute Gasteiger partial charge is 0.249 e. The first kappa shape index (κ1) is 70.5. The molecule has 0 aromatic rings. The van der Waals surface area contributed by atoms with Crippen LogP contribution in [-0.4, -0.2) is 57.3 Å². The van der Waals surface area contributed by atoms with E-state index in [0.29, 0.717) is 19.3 Å². The molecule has 426 valence electrons. The molecule has 5 N–H and O–H groups in total. The van der Waals surface area contributed by atoms with Crippen LogP contribution in [-0.2, 0) is 4.79 Å². The summed E-state index contributed by atoms with van der Waals surface area (Å²) in [5.41, 5.74) is 0. The second-order valence-electron chi connectivity index (χ2n) is 22.4. The van der Waals surface area contributed by atoms with Crippen molar-refractivity contribution >= 4 is 5.91 Å². The molecule has 0 rings (SSSR count). The van der Waals surface area contributed by atoms with Crippen LogP contribution in [0.15, 0.2) is 36.5 Å². The van der Waals surface area contributed by atoms with Crippen molar-refractivity contribution in [3.63, 3.8) is 0 Å². The van der Waals surface area contributed by atoms with Crippen molar-refractivity contribution in [1.82, 2.24) is 5.32 Å². The van der Waals surface area contributed by atoms with Gasteiger partial charge in [0.25, 0.3) is 0 Å². The highest BCUT2D eigenvalue weighted by Crippen LogP contribution is 2.18. The topological polar surface area (TPSA) is 110 Å². The molecule has 0 fully saturated rings. The summed E-state index contributed by atoms with van der Waals surface area (Å²) in [6.07, 6.45) is 76.8. The molecule has 4 unspecified atom stereocenters. The van der Waals surface area contributed by atoms with Gasteiger partial charge in [-0.05, 0) is 77.0 Å². The van der Waals surface area contributed by atoms with Crippen molar-refractivity contribution < 1.29 is 25.2 Å². The molecule has 0 aromatic heterocycles. The molecule has 72 heavy (non-hydrogen) atoms. The van der Waals surface area contributed by atoms with Gasteiger partial charge in [-0.2, -0.15) is 0 Å². The Morgan fingerprint density at radius 3 is 0.875 bits per heavy atom. The van der Waals surface area contributed by atoms with E-state index < -0.39 is 36.9 Å². The van der Waals surface area contributed by atoms with Gasteiger partial charge in [-0.1, -0.05) is 307 Å². The standard InChI is InChI=1S/C66H127NO5/c1-3-5-7-9-11-13-15-17-19-21-23-25-27-29-31-32-33-34-36-38-40-42-44-46-48-50-52-54-56-58-60-64(70)66(72)67-62(61-68)65(71)63(69)59-57-55-53-51-49-47-45-43-41-39-37-35-30-28-26-24-22-20-18-16-14-12-10-8-6-4-2/h29,31,43,45,51,53,62-65,68-71H,3-28,30,32-42,44,46-50,52,54-61H2,1-2H3,(H,67,72)/b31-29-,45-43+,53-51+. The summed E-state index contributed by atoms with van der Waals surface area (Å²) in [6, 6.07) is -1.01. The van der Waals surface area contributed by atoms with Crippen molar-refractivity contribution in [1.29, 1.82) is 0 Å². The highest BCUT2D eigenvalue weighted by Gasteiger charge is 2.28. The summed E-state index contributed by atoms with van der Waals surface area (Å²) < 4.78 is 0. The van der Waals surface area contributed by atoms with E-state index in [1.807, 2.05) is 0 Å². The lowest BCUT2D eigenvalue weighted by atomic mass is 10.00. The van der Waals surface area contributed by atoms with Crippen LogP contribution in [0.3, 0.4) is 0 Å². The first-order chi connectivity index (χ1) is 35.5. The van der Waals surface area contributed by atoms with Gasteiger partial charge in [-0.15, -0.1) is 0 Å². The SMILES string of the molecule is CCCCCCCCCCCCCC/C=C\CCCCCCCCCCCCCCCCC(O)C(=O)NC(CO)C(O)C(O)CCC/C=C/CC/C=C/CCCCCCCCCCCCCCCCCCC. The second kappa shape index (κ2) is 60.4. The molecule has 1 amide bonds. The van der Waals surface area contributed by atoms with Crippen molar-refractivity contribution in [2.75, 3.05) is 6.61 Å². The zero-order valence-corrected chi connectivity index (χ0v) is 48.4. The van der Waals surface area contributed by atoms with Crippen molar-refractivity contribution in [3.05, 3.63) is 36.5 Å². The largest absolute Gasteiger partial charge is 0.394 e. The summed E-state index contributed by atoms with van der Waals surface area (Å²) in [7, 11) is 0. The van der Waals surface area contributed by atoms with Crippen molar-refractivity contribution in [3.8, 4) is 0 Å². The van der Waals surface area contributed by atoms with Gasteiger partial charge < -0.3 is 25.7 Å². The molecule has 6 heteroatoms. The number of carbonyl (C=O) groups excluding carboxylic acids is 1. The Morgan fingerprint density at radius 2 is 0.583 bits per heavy atom. The van der Waals surface area contributed by atoms with Gasteiger partial charge >= 0.3 is 0 Å². The monoisotopic (exact) mass is 1010 g/mol. The Hall–Kier alpha value is -1.47. The summed E-state index contributed by atoms with van der Waals surface area (Å²) >= 11 is 0. The zero-order chi connectivity index (χ0) is 52.3. The van der Waals surface area contributed by atoms with Gasteiger partial charge in [0.05, 0.1) is 18.8 Å². The number of aliphatic hydroxyl groups excluding tert-OH is 4. The van der Waals surface area contributed by atoms with Crippen LogP contribution in [0.2, 0.25) is 0 Å². The van der Waals surface area contributed by atoms with E-state index in [1.165, 1.54) is 276 Å². The number of hydrogen-bond donors (Lipinski definition) is 5. The summed E-state index contributed by atoms with van der Waals surface area (Å²) in [5, 5.41) is 44.1. The first-order valence-electron chi connectivity index (χ1n) is 32.4. The quantitative estimate of drug-likeness (QED) is 0.0308. The van der Waals surface area contributed by atoms with Crippen LogP contribution < -0.4 is 5.32 Å². The number of nitrogens with one attached hydrogen (secondary N) is 1. The summed E-state index contributed by atoms with van der Waals surface area (Å²) in [4.78, 5) is 12.6. The van der Waals surface area contributed by atoms with Crippen LogP contribution in [0.1, 0.15) is 348 Å². The Morgan fingerprint density at radius 1 is 0.333 bits per heavy atom. The lowest BCUT2D eigenvalue weighted by molar-refractivity contribution is -0.132. The predicted octanol–water partition coefficient (Wildman–Crippen LogP) is 19.5. The molecule has 4 atom stereocenters. The maximum Gasteiger partial charge on any atom is 0.249 e. The minimum atomic E-state index is -1.29. The molecule has 0 aliphatic rings. The molecule has 0 bridgehead atoms. The van der Waals surface area contributed by atoms with E-state index >= 15 is 0 Å². The van der Waals surface area contributed by atoms with Crippen LogP contribution in [0, 0.1) is 0 Å². The molecule has 6 nitrogen and oxygen atoms in total. The molecule has 0 aliphatic carbocycles. The van der Waals surface area contributed by atoms with E-state index in [9.17, 15) is 25.2 Å². The molecule has 0 saturated carbocycles. The molecule has 0 heterocycles. The summed E-state index contributed by atoms with van der Waals surface area (Å²) in [5.74, 6) is -0.593. The van der Waals surface area contributed by atoms with Crippen molar-refractivity contribution in [2.24, 2.45) is 0 Å². The third-order valence-corrected chi connectivity index (χ3v) is 15.3. The first-order valence-corrected chi connectivity index (χ1v) is 32.4. The van der Waals surface area contributed by atoms with Crippen LogP contribution >= 0.6 is 0 Å². The van der Waals surface area contributed by atoms with E-state index in [2.05, 4.69) is 55.6 Å². The average Bonchev–Trinajstić information content (AvgIpc) is 3.39. The average molecular weight is 1010 g/mol. The Bertz CT molecular complexity index is 1140. The third-order valence-electron chi connectivity index (χ3n) is 15.3. The molecule has 0 radical (unpaired) electrons. The minimum absolute atomic E-state index is 0.362. The van der Waals surface area contributed by atoms with Gasteiger partial charge in [0.1, 0.15) is 12.2 Å². The number of amides is 1. The lowest BCUT2D eigenvalue weighted by Crippen LogP contribution is -2.53. The Balaban J connectivity index is 3.62. The van der Waals surface area contributed by atoms with Crippen LogP contribution in [0.25, 0.3) is 0 Å². The van der Waals surface area contributed by atoms with Gasteiger partial charge in [0, 0.05) is 0 Å². The summed E-state index contributed by atoms with van der Waals surface area (Å²) in [6.45, 7) is 4.09. The van der Waals surface area contributed by atoms with E-state index in [1.54, 1.807) is 0 Å². The normalized spacial score (nSPS) is 13.8. The fourth-order valence-electron chi connectivity index (χ4n) is 10.2. The fourth-order valence-corrected chi connectivity index (χ4v) is 10.2. The predicted molar refractivity (Wildman–Crippen MR) is 316 cm³/mol. The van der Waals surface area contributed by atoms with Crippen LogP contribution in [0.5, 0.6) is 0 Å². The highest BCUT2D eigenvalue weighted by molar-refractivity contribution is 5.80. The van der Waals surface area contributed by atoms with Gasteiger partial charge in [0.2, 0.25) is 5.91 Å². The molecule has 0 aliphatic heterocycles. The number of carbonyl (C=O) groups is 1. The number of aliphatic hydroxyl groups is 4. The van der Waals surface area contributed by atoms with Crippen LogP contribution in [0.4, 0.5) is 0 Å². The maximum atomic E-state index is 12.6. The Labute approximate surface area is 449 Å². The maximum absolute atomic E-state index is 12.6. The minimum Gasteiger partial charge on any atom is -0.394 e. The van der Waals surface area contributed by atoms with Gasteiger partial charge in [-0.25, -0.2) is 0 Å². The molecule has 0 saturated heterocycles. The highest BCUT2D eigenvalue weighted by atomic mass is 16.3. The number of unbranched alkanes of at least 4 members (excludes halogenated alkanes) is 45. The molecule has 0 aromatic carbocycles. The van der Waals surface area contributed by atoms with Gasteiger partial charge in [0.15, 0.2) is 0 Å². The van der Waals surface area contributed by atoms with Gasteiger partial charge in [-0.3, -0.25) is 4.79 Å². The number of rotatable bonds is 60. The fraction of sp³-hybridized carbons (Fsp3) is 0.894. The third kappa shape index (κ3) is 53.4. The molecular formula is C66H127NO5. The number of hydrogen-bond acceptors (Lipinski definition) is 5. The molecular weight excluding hydrogens is 887 g/mol. The lowest BCUT2D eigenvalue weighted by Gasteiger charge is -2.27. The molecule has 0 spiro atoms. The zero-order valence-electron chi connectivity index (χ0n) is 48.4. The number of allylic oxidation sites excluding steroid dienone is 6. The Kier molecular flexibility index (Phi) is 59.2. The van der Waals surface area contributed by atoms with E-state index in [0.717, 1.165) is 38.5 Å². The van der Waals surface area contributed by atoms with E-state index in [4.69, 9.17) is 0 Å². The van der Waals surface area contributed by atoms with Crippen molar-refractivity contribution in [2.45, 2.75) is 372 Å².